The molecular formula is C24H23BrN2O4. The minimum absolute atomic E-state index is 0.353. The average Bonchev–Trinajstić information content (AvgIpc) is 2.80. The van der Waals surface area contributed by atoms with Crippen molar-refractivity contribution in [2.45, 2.75) is 19.6 Å². The van der Waals surface area contributed by atoms with Gasteiger partial charge in [-0.2, -0.15) is 5.10 Å². The highest BCUT2D eigenvalue weighted by Crippen LogP contribution is 2.28. The van der Waals surface area contributed by atoms with Crippen molar-refractivity contribution in [1.82, 2.24) is 5.43 Å². The maximum atomic E-state index is 12.2. The monoisotopic (exact) mass is 482 g/mol. The minimum Gasteiger partial charge on any atom is -0.493 e. The molecule has 7 heteroatoms. The van der Waals surface area contributed by atoms with Crippen LogP contribution in [0.15, 0.2) is 82.4 Å². The molecule has 0 aliphatic carbocycles. The highest BCUT2D eigenvalue weighted by Gasteiger charge is 2.14. The fraction of sp³-hybridized carbons (Fsp3) is 0.167. The predicted molar refractivity (Wildman–Crippen MR) is 124 cm³/mol. The van der Waals surface area contributed by atoms with Gasteiger partial charge in [-0.1, -0.05) is 46.3 Å². The fourth-order valence-electron chi connectivity index (χ4n) is 2.65. The Morgan fingerprint density at radius 3 is 2.52 bits per heavy atom. The van der Waals surface area contributed by atoms with Gasteiger partial charge in [0.15, 0.2) is 17.6 Å². The van der Waals surface area contributed by atoms with Crippen LogP contribution >= 0.6 is 15.9 Å². The van der Waals surface area contributed by atoms with E-state index in [1.165, 1.54) is 6.21 Å². The molecular weight excluding hydrogens is 460 g/mol. The second-order valence-electron chi connectivity index (χ2n) is 6.63. The SMILES string of the molecule is COc1cc(/C=N\NC(=O)[C@@H](C)Oc2ccc(Br)cc2)ccc1OCc1ccccc1. The largest absolute Gasteiger partial charge is 0.493 e. The number of halogens is 1. The first-order valence-electron chi connectivity index (χ1n) is 9.65. The molecule has 6 nitrogen and oxygen atoms in total. The van der Waals surface area contributed by atoms with Crippen molar-refractivity contribution in [2.24, 2.45) is 5.10 Å². The van der Waals surface area contributed by atoms with E-state index >= 15 is 0 Å². The third-order valence-electron chi connectivity index (χ3n) is 4.31. The number of benzene rings is 3. The van der Waals surface area contributed by atoms with Gasteiger partial charge in [-0.3, -0.25) is 4.79 Å². The van der Waals surface area contributed by atoms with Crippen LogP contribution in [0.3, 0.4) is 0 Å². The molecule has 0 saturated carbocycles. The zero-order valence-corrected chi connectivity index (χ0v) is 18.8. The second kappa shape index (κ2) is 11.2. The normalized spacial score (nSPS) is 11.7. The number of nitrogens with zero attached hydrogens (tertiary/aromatic N) is 1. The molecule has 0 aromatic heterocycles. The summed E-state index contributed by atoms with van der Waals surface area (Å²) in [5, 5.41) is 4.01. The first kappa shape index (κ1) is 22.4. The van der Waals surface area contributed by atoms with Gasteiger partial charge < -0.3 is 14.2 Å². The molecule has 1 N–H and O–H groups in total. The molecule has 1 atom stereocenters. The number of hydrazone groups is 1. The Kier molecular flexibility index (Phi) is 8.06. The first-order chi connectivity index (χ1) is 15.0. The number of nitrogens with one attached hydrogen (secondary N) is 1. The Labute approximate surface area is 190 Å². The maximum Gasteiger partial charge on any atom is 0.280 e. The van der Waals surface area contributed by atoms with E-state index in [4.69, 9.17) is 14.2 Å². The third kappa shape index (κ3) is 6.86. The number of carbonyl (C=O) groups is 1. The average molecular weight is 483 g/mol. The lowest BCUT2D eigenvalue weighted by molar-refractivity contribution is -0.127. The van der Waals surface area contributed by atoms with Crippen molar-refractivity contribution in [3.8, 4) is 17.2 Å². The Bertz CT molecular complexity index is 1020. The lowest BCUT2D eigenvalue weighted by Gasteiger charge is -2.13. The van der Waals surface area contributed by atoms with Crippen LogP contribution < -0.4 is 19.6 Å². The molecule has 0 bridgehead atoms. The van der Waals surface area contributed by atoms with Crippen LogP contribution in [0.4, 0.5) is 0 Å². The van der Waals surface area contributed by atoms with Gasteiger partial charge in [0.1, 0.15) is 12.4 Å². The Balaban J connectivity index is 1.54. The van der Waals surface area contributed by atoms with Gasteiger partial charge in [-0.15, -0.1) is 0 Å². The molecule has 160 valence electrons. The summed E-state index contributed by atoms with van der Waals surface area (Å²) in [6.45, 7) is 2.10. The lowest BCUT2D eigenvalue weighted by Crippen LogP contribution is -2.33. The molecule has 0 unspecified atom stereocenters. The molecule has 31 heavy (non-hydrogen) atoms. The molecule has 0 fully saturated rings. The van der Waals surface area contributed by atoms with Crippen molar-refractivity contribution in [3.63, 3.8) is 0 Å². The molecule has 1 amide bonds. The molecule has 0 aliphatic heterocycles. The highest BCUT2D eigenvalue weighted by atomic mass is 79.9. The van der Waals surface area contributed by atoms with E-state index in [0.29, 0.717) is 23.9 Å². The smallest absolute Gasteiger partial charge is 0.280 e. The van der Waals surface area contributed by atoms with Crippen molar-refractivity contribution in [2.75, 3.05) is 7.11 Å². The standard InChI is InChI=1S/C24H23BrN2O4/c1-17(31-21-11-9-20(25)10-12-21)24(28)27-26-15-19-8-13-22(23(14-19)29-2)30-16-18-6-4-3-5-7-18/h3-15,17H,16H2,1-2H3,(H,27,28)/b26-15-/t17-/m1/s1. The Hall–Kier alpha value is -3.32. The van der Waals surface area contributed by atoms with E-state index in [2.05, 4.69) is 26.5 Å². The van der Waals surface area contributed by atoms with Gasteiger partial charge in [0.25, 0.3) is 5.91 Å². The second-order valence-corrected chi connectivity index (χ2v) is 7.55. The molecule has 0 heterocycles. The molecule has 0 radical (unpaired) electrons. The van der Waals surface area contributed by atoms with Gasteiger partial charge in [0, 0.05) is 4.47 Å². The van der Waals surface area contributed by atoms with Crippen molar-refractivity contribution >= 4 is 28.1 Å². The zero-order chi connectivity index (χ0) is 22.1. The summed E-state index contributed by atoms with van der Waals surface area (Å²) in [6, 6.07) is 22.6. The van der Waals surface area contributed by atoms with Crippen LogP contribution in [-0.2, 0) is 11.4 Å². The first-order valence-corrected chi connectivity index (χ1v) is 10.4. The lowest BCUT2D eigenvalue weighted by atomic mass is 10.2. The molecule has 0 saturated heterocycles. The van der Waals surface area contributed by atoms with Crippen LogP contribution in [0.2, 0.25) is 0 Å². The topological polar surface area (TPSA) is 69.2 Å². The van der Waals surface area contributed by atoms with Crippen LogP contribution in [-0.4, -0.2) is 25.3 Å². The summed E-state index contributed by atoms with van der Waals surface area (Å²) in [4.78, 5) is 12.2. The highest BCUT2D eigenvalue weighted by molar-refractivity contribution is 9.10. The van der Waals surface area contributed by atoms with E-state index in [9.17, 15) is 4.79 Å². The summed E-state index contributed by atoms with van der Waals surface area (Å²) in [5.74, 6) is 1.46. The van der Waals surface area contributed by atoms with Gasteiger partial charge in [0.2, 0.25) is 0 Å². The van der Waals surface area contributed by atoms with Crippen molar-refractivity contribution < 1.29 is 19.0 Å². The molecule has 0 spiro atoms. The molecule has 3 aromatic carbocycles. The van der Waals surface area contributed by atoms with Gasteiger partial charge in [0.05, 0.1) is 13.3 Å². The summed E-state index contributed by atoms with van der Waals surface area (Å²) >= 11 is 3.36. The third-order valence-corrected chi connectivity index (χ3v) is 4.84. The van der Waals surface area contributed by atoms with E-state index in [0.717, 1.165) is 15.6 Å². The van der Waals surface area contributed by atoms with E-state index in [1.54, 1.807) is 32.2 Å². The van der Waals surface area contributed by atoms with Gasteiger partial charge in [-0.05, 0) is 60.5 Å². The number of ether oxygens (including phenoxy) is 3. The Morgan fingerprint density at radius 1 is 1.06 bits per heavy atom. The van der Waals surface area contributed by atoms with E-state index in [1.807, 2.05) is 54.6 Å². The van der Waals surface area contributed by atoms with Crippen molar-refractivity contribution in [1.29, 1.82) is 0 Å². The molecule has 3 aromatic rings. The number of amides is 1. The van der Waals surface area contributed by atoms with Crippen molar-refractivity contribution in [3.05, 3.63) is 88.4 Å². The van der Waals surface area contributed by atoms with Crippen LogP contribution in [0.1, 0.15) is 18.1 Å². The minimum atomic E-state index is -0.693. The van der Waals surface area contributed by atoms with E-state index < -0.39 is 6.10 Å². The summed E-state index contributed by atoms with van der Waals surface area (Å²) in [6.07, 6.45) is 0.843. The number of rotatable bonds is 9. The summed E-state index contributed by atoms with van der Waals surface area (Å²) in [5.41, 5.74) is 4.31. The van der Waals surface area contributed by atoms with Crippen LogP contribution in [0.5, 0.6) is 17.2 Å². The van der Waals surface area contributed by atoms with Crippen LogP contribution in [0, 0.1) is 0 Å². The molecule has 3 rings (SSSR count). The number of methoxy groups -OCH3 is 1. The molecule has 0 aliphatic rings. The summed E-state index contributed by atoms with van der Waals surface area (Å²) in [7, 11) is 1.58. The number of hydrogen-bond acceptors (Lipinski definition) is 5. The predicted octanol–water partition coefficient (Wildman–Crippen LogP) is 4.95. The van der Waals surface area contributed by atoms with Crippen LogP contribution in [0.25, 0.3) is 0 Å². The number of carbonyl (C=O) groups excluding carboxylic acids is 1. The quantitative estimate of drug-likeness (QED) is 0.345. The zero-order valence-electron chi connectivity index (χ0n) is 17.2. The Morgan fingerprint density at radius 2 is 1.81 bits per heavy atom. The fourth-order valence-corrected chi connectivity index (χ4v) is 2.92. The van der Waals surface area contributed by atoms with E-state index in [-0.39, 0.29) is 5.91 Å². The number of hydrogen-bond donors (Lipinski definition) is 1. The summed E-state index contributed by atoms with van der Waals surface area (Å²) < 4.78 is 17.8. The van der Waals surface area contributed by atoms with Gasteiger partial charge >= 0.3 is 0 Å². The maximum absolute atomic E-state index is 12.2. The van der Waals surface area contributed by atoms with Gasteiger partial charge in [-0.25, -0.2) is 5.43 Å².